The molecule has 150 valence electrons. The summed E-state index contributed by atoms with van der Waals surface area (Å²) in [5.74, 6) is 0. The number of halogens is 1. The fourth-order valence-electron chi connectivity index (χ4n) is 2.37. The number of nitrogens with zero attached hydrogens (tertiary/aromatic N) is 1. The highest BCUT2D eigenvalue weighted by atomic mass is 79.9. The average Bonchev–Trinajstić information content (AvgIpc) is 2.96. The van der Waals surface area contributed by atoms with Crippen molar-refractivity contribution >= 4 is 35.3 Å². The van der Waals surface area contributed by atoms with Gasteiger partial charge in [0.2, 0.25) is 0 Å². The molecule has 2 rings (SSSR count). The zero-order valence-corrected chi connectivity index (χ0v) is 16.6. The minimum Gasteiger partial charge on any atom is -0.457 e. The molecule has 0 aliphatic carbocycles. The molecule has 0 spiro atoms. The molecule has 27 heavy (non-hydrogen) atoms. The van der Waals surface area contributed by atoms with Crippen LogP contribution in [0.15, 0.2) is 20.8 Å². The third-order valence-electron chi connectivity index (χ3n) is 3.66. The van der Waals surface area contributed by atoms with Gasteiger partial charge in [-0.1, -0.05) is 15.9 Å². The molecule has 1 aromatic rings. The van der Waals surface area contributed by atoms with Crippen molar-refractivity contribution in [1.29, 1.82) is 0 Å². The highest BCUT2D eigenvalue weighted by molar-refractivity contribution is 9.11. The summed E-state index contributed by atoms with van der Waals surface area (Å²) in [6, 6.07) is 0. The van der Waals surface area contributed by atoms with Crippen molar-refractivity contribution in [3.05, 3.63) is 37.6 Å². The van der Waals surface area contributed by atoms with Crippen molar-refractivity contribution in [3.63, 3.8) is 0 Å². The summed E-state index contributed by atoms with van der Waals surface area (Å²) >= 11 is 3.03. The summed E-state index contributed by atoms with van der Waals surface area (Å²) in [7, 11) is -4.69. The molecular formula is C14H18BrN2O9P. The summed E-state index contributed by atoms with van der Waals surface area (Å²) < 4.78 is 27.4. The Kier molecular flexibility index (Phi) is 7.32. The maximum Gasteiger partial charge on any atom is 0.435 e. The Morgan fingerprint density at radius 1 is 1.56 bits per heavy atom. The molecule has 0 saturated carbocycles. The number of aliphatic hydroxyl groups is 1. The molecule has 1 aliphatic heterocycles. The fourth-order valence-corrected chi connectivity index (χ4v) is 3.40. The predicted molar refractivity (Wildman–Crippen MR) is 96.6 cm³/mol. The first-order valence-electron chi connectivity index (χ1n) is 7.80. The van der Waals surface area contributed by atoms with Gasteiger partial charge < -0.3 is 19.5 Å². The van der Waals surface area contributed by atoms with Gasteiger partial charge in [0.1, 0.15) is 12.3 Å². The molecule has 4 atom stereocenters. The Morgan fingerprint density at radius 3 is 2.89 bits per heavy atom. The van der Waals surface area contributed by atoms with Crippen LogP contribution in [0.25, 0.3) is 6.08 Å². The van der Waals surface area contributed by atoms with Crippen LogP contribution in [0.2, 0.25) is 0 Å². The van der Waals surface area contributed by atoms with Crippen LogP contribution < -0.4 is 11.2 Å². The van der Waals surface area contributed by atoms with Crippen molar-refractivity contribution in [3.8, 4) is 0 Å². The molecule has 1 fully saturated rings. The lowest BCUT2D eigenvalue weighted by Gasteiger charge is -2.17. The van der Waals surface area contributed by atoms with Crippen LogP contribution in [-0.2, 0) is 18.6 Å². The van der Waals surface area contributed by atoms with E-state index in [2.05, 4.69) is 30.2 Å². The Hall–Kier alpha value is -1.56. The van der Waals surface area contributed by atoms with Gasteiger partial charge in [0.05, 0.1) is 24.9 Å². The summed E-state index contributed by atoms with van der Waals surface area (Å²) in [5, 5.41) is 10.1. The normalized spacial score (nSPS) is 24.8. The second-order valence-corrected chi connectivity index (χ2v) is 7.68. The summed E-state index contributed by atoms with van der Waals surface area (Å²) in [5.41, 5.74) is -2.57. The number of nitrogens with one attached hydrogen (secondary N) is 1. The zero-order valence-electron chi connectivity index (χ0n) is 14.1. The van der Waals surface area contributed by atoms with Crippen LogP contribution in [0.1, 0.15) is 25.1 Å². The highest BCUT2D eigenvalue weighted by Gasteiger charge is 2.39. The molecule has 0 aromatic carbocycles. The van der Waals surface area contributed by atoms with E-state index in [0.29, 0.717) is 0 Å². The molecule has 11 nitrogen and oxygen atoms in total. The monoisotopic (exact) mass is 468 g/mol. The molecule has 0 bridgehead atoms. The van der Waals surface area contributed by atoms with Crippen molar-refractivity contribution in [2.24, 2.45) is 0 Å². The molecule has 1 aliphatic rings. The minimum absolute atomic E-state index is 0.0351. The van der Waals surface area contributed by atoms with Crippen LogP contribution >= 0.6 is 23.5 Å². The number of rotatable bonds is 7. The topological polar surface area (TPSA) is 157 Å². The van der Waals surface area contributed by atoms with Gasteiger partial charge in [0.15, 0.2) is 0 Å². The van der Waals surface area contributed by atoms with Crippen LogP contribution in [0.4, 0.5) is 4.79 Å². The SMILES string of the molecule is CCOC(=O)P(=O)(O)OC[C@H]1O[C@@H](n2cc(/C=C\Br)c(=O)[nH]c2=O)C[C@@H]1O. The summed E-state index contributed by atoms with van der Waals surface area (Å²) in [6.07, 6.45) is -0.504. The molecule has 1 saturated heterocycles. The molecule has 1 unspecified atom stereocenters. The van der Waals surface area contributed by atoms with E-state index in [0.717, 1.165) is 4.57 Å². The lowest BCUT2D eigenvalue weighted by molar-refractivity contribution is -0.0423. The van der Waals surface area contributed by atoms with Crippen molar-refractivity contribution in [1.82, 2.24) is 9.55 Å². The Morgan fingerprint density at radius 2 is 2.26 bits per heavy atom. The van der Waals surface area contributed by atoms with E-state index in [4.69, 9.17) is 4.74 Å². The Labute approximate surface area is 161 Å². The van der Waals surface area contributed by atoms with Crippen LogP contribution in [0.3, 0.4) is 0 Å². The number of hydrogen-bond donors (Lipinski definition) is 3. The van der Waals surface area contributed by atoms with E-state index < -0.39 is 49.6 Å². The van der Waals surface area contributed by atoms with E-state index in [9.17, 15) is 28.9 Å². The molecule has 1 aromatic heterocycles. The number of carbonyl (C=O) groups is 1. The first-order valence-corrected chi connectivity index (χ1v) is 10.3. The molecular weight excluding hydrogens is 451 g/mol. The van der Waals surface area contributed by atoms with E-state index >= 15 is 0 Å². The standard InChI is InChI=1S/C14H18BrN2O9P/c1-2-24-14(21)27(22,23)25-7-10-9(18)5-11(26-10)17-6-8(3-4-15)12(19)16-13(17)20/h3-4,6,9-11,18H,2,5,7H2,1H3,(H,22,23)(H,16,19,20)/b4-3-/t9-,10+,11+/m0/s1. The molecule has 0 amide bonds. The van der Waals surface area contributed by atoms with Crippen LogP contribution in [0.5, 0.6) is 0 Å². The van der Waals surface area contributed by atoms with Gasteiger partial charge >= 0.3 is 19.0 Å². The van der Waals surface area contributed by atoms with Gasteiger partial charge in [-0.2, -0.15) is 0 Å². The largest absolute Gasteiger partial charge is 0.457 e. The molecule has 3 N–H and O–H groups in total. The average molecular weight is 469 g/mol. The first-order chi connectivity index (χ1) is 12.7. The maximum absolute atomic E-state index is 12.0. The first kappa shape index (κ1) is 21.7. The smallest absolute Gasteiger partial charge is 0.435 e. The van der Waals surface area contributed by atoms with Gasteiger partial charge in [-0.15, -0.1) is 0 Å². The van der Waals surface area contributed by atoms with Crippen molar-refractivity contribution in [2.75, 3.05) is 13.2 Å². The van der Waals surface area contributed by atoms with Gasteiger partial charge in [-0.05, 0) is 18.0 Å². The lowest BCUT2D eigenvalue weighted by Crippen LogP contribution is -2.33. The number of carbonyl (C=O) groups excluding carboxylic acids is 1. The Bertz CT molecular complexity index is 880. The van der Waals surface area contributed by atoms with Crippen molar-refractivity contribution in [2.45, 2.75) is 31.8 Å². The number of aromatic nitrogens is 2. The van der Waals surface area contributed by atoms with Gasteiger partial charge in [-0.25, -0.2) is 14.2 Å². The molecule has 0 radical (unpaired) electrons. The quantitative estimate of drug-likeness (QED) is 0.494. The molecule has 13 heteroatoms. The summed E-state index contributed by atoms with van der Waals surface area (Å²) in [6.45, 7) is 0.793. The predicted octanol–water partition coefficient (Wildman–Crippen LogP) is 0.909. The third kappa shape index (κ3) is 5.24. The Balaban J connectivity index is 2.12. The van der Waals surface area contributed by atoms with Gasteiger partial charge in [0, 0.05) is 12.6 Å². The van der Waals surface area contributed by atoms with Gasteiger partial charge in [0.25, 0.3) is 5.56 Å². The second-order valence-electron chi connectivity index (χ2n) is 5.49. The molecule has 2 heterocycles. The number of ether oxygens (including phenoxy) is 2. The van der Waals surface area contributed by atoms with E-state index in [1.807, 2.05) is 0 Å². The lowest BCUT2D eigenvalue weighted by atomic mass is 10.2. The van der Waals surface area contributed by atoms with Crippen LogP contribution in [0, 0.1) is 0 Å². The summed E-state index contributed by atoms with van der Waals surface area (Å²) in [4.78, 5) is 48.2. The number of aliphatic hydroxyl groups excluding tert-OH is 1. The zero-order chi connectivity index (χ0) is 20.2. The van der Waals surface area contributed by atoms with Crippen LogP contribution in [-0.4, -0.2) is 50.7 Å². The van der Waals surface area contributed by atoms with Crippen molar-refractivity contribution < 1.29 is 33.4 Å². The van der Waals surface area contributed by atoms with Gasteiger partial charge in [-0.3, -0.25) is 18.9 Å². The number of hydrogen-bond acceptors (Lipinski definition) is 8. The maximum atomic E-state index is 12.0. The number of aromatic amines is 1. The third-order valence-corrected chi connectivity index (χ3v) is 5.02. The number of H-pyrrole nitrogens is 1. The van der Waals surface area contributed by atoms with E-state index in [-0.39, 0.29) is 18.6 Å². The van der Waals surface area contributed by atoms with E-state index in [1.54, 1.807) is 0 Å². The van der Waals surface area contributed by atoms with E-state index in [1.165, 1.54) is 24.2 Å². The minimum atomic E-state index is -4.69. The fraction of sp³-hybridized carbons (Fsp3) is 0.500. The second kappa shape index (κ2) is 9.09. The highest BCUT2D eigenvalue weighted by Crippen LogP contribution is 2.45.